The molecule has 0 aliphatic carbocycles. The molecule has 1 aliphatic rings. The molecule has 0 saturated carbocycles. The van der Waals surface area contributed by atoms with Gasteiger partial charge < -0.3 is 15.0 Å². The van der Waals surface area contributed by atoms with Gasteiger partial charge in [0.15, 0.2) is 0 Å². The second-order valence-corrected chi connectivity index (χ2v) is 6.70. The number of rotatable bonds is 3. The van der Waals surface area contributed by atoms with Crippen molar-refractivity contribution in [3.8, 4) is 0 Å². The molecule has 1 atom stereocenters. The SMILES string of the molecule is CC(C)(C)OC(=O)N1CCC(NCc2nccs2)C1. The number of carbonyl (C=O) groups excluding carboxylic acids is 1. The lowest BCUT2D eigenvalue weighted by Gasteiger charge is -2.24. The standard InChI is InChI=1S/C13H21N3O2S/c1-13(2,3)18-12(17)16-6-4-10(9-16)15-8-11-14-5-7-19-11/h5,7,10,15H,4,6,8-9H2,1-3H3. The highest BCUT2D eigenvalue weighted by atomic mass is 32.1. The summed E-state index contributed by atoms with van der Waals surface area (Å²) >= 11 is 1.64. The van der Waals surface area contributed by atoms with Crippen LogP contribution in [0.4, 0.5) is 4.79 Å². The summed E-state index contributed by atoms with van der Waals surface area (Å²) in [7, 11) is 0. The van der Waals surface area contributed by atoms with Crippen molar-refractivity contribution in [3.05, 3.63) is 16.6 Å². The number of ether oxygens (including phenoxy) is 1. The molecule has 6 heteroatoms. The van der Waals surface area contributed by atoms with E-state index >= 15 is 0 Å². The number of hydrogen-bond donors (Lipinski definition) is 1. The van der Waals surface area contributed by atoms with Gasteiger partial charge in [0.05, 0.1) is 0 Å². The Bertz CT molecular complexity index is 414. The predicted octanol–water partition coefficient (Wildman–Crippen LogP) is 2.24. The minimum atomic E-state index is -0.427. The van der Waals surface area contributed by atoms with Gasteiger partial charge in [0.2, 0.25) is 0 Å². The summed E-state index contributed by atoms with van der Waals surface area (Å²) in [4.78, 5) is 17.9. The zero-order chi connectivity index (χ0) is 13.9. The number of likely N-dealkylation sites (tertiary alicyclic amines) is 1. The average molecular weight is 283 g/mol. The van der Waals surface area contributed by atoms with Crippen molar-refractivity contribution < 1.29 is 9.53 Å². The van der Waals surface area contributed by atoms with Gasteiger partial charge in [-0.05, 0) is 27.2 Å². The number of hydrogen-bond acceptors (Lipinski definition) is 5. The predicted molar refractivity (Wildman–Crippen MR) is 75.2 cm³/mol. The molecule has 1 N–H and O–H groups in total. The molecule has 2 heterocycles. The smallest absolute Gasteiger partial charge is 0.410 e. The van der Waals surface area contributed by atoms with Crippen LogP contribution in [0.2, 0.25) is 0 Å². The molecular weight excluding hydrogens is 262 g/mol. The van der Waals surface area contributed by atoms with Crippen LogP contribution in [0.15, 0.2) is 11.6 Å². The zero-order valence-electron chi connectivity index (χ0n) is 11.7. The molecule has 1 aliphatic heterocycles. The molecule has 106 valence electrons. The molecule has 0 radical (unpaired) electrons. The van der Waals surface area contributed by atoms with Crippen LogP contribution < -0.4 is 5.32 Å². The minimum absolute atomic E-state index is 0.217. The highest BCUT2D eigenvalue weighted by Gasteiger charge is 2.29. The first-order valence-corrected chi connectivity index (χ1v) is 7.42. The van der Waals surface area contributed by atoms with E-state index in [4.69, 9.17) is 4.74 Å². The fourth-order valence-electron chi connectivity index (χ4n) is 1.99. The largest absolute Gasteiger partial charge is 0.444 e. The Morgan fingerprint density at radius 2 is 2.42 bits per heavy atom. The van der Waals surface area contributed by atoms with Crippen LogP contribution in [0, 0.1) is 0 Å². The summed E-state index contributed by atoms with van der Waals surface area (Å²) in [6, 6.07) is 0.330. The summed E-state index contributed by atoms with van der Waals surface area (Å²) in [5.74, 6) is 0. The van der Waals surface area contributed by atoms with Crippen LogP contribution in [0.25, 0.3) is 0 Å². The average Bonchev–Trinajstić information content (AvgIpc) is 2.96. The lowest BCUT2D eigenvalue weighted by atomic mass is 10.2. The number of nitrogens with zero attached hydrogens (tertiary/aromatic N) is 2. The number of thiazole rings is 1. The van der Waals surface area contributed by atoms with Gasteiger partial charge in [0.1, 0.15) is 10.6 Å². The molecular formula is C13H21N3O2S. The van der Waals surface area contributed by atoms with E-state index in [0.29, 0.717) is 12.6 Å². The normalized spacial score (nSPS) is 19.7. The Hall–Kier alpha value is -1.14. The molecule has 0 aromatic carbocycles. The summed E-state index contributed by atoms with van der Waals surface area (Å²) < 4.78 is 5.37. The van der Waals surface area contributed by atoms with Crippen LogP contribution >= 0.6 is 11.3 Å². The summed E-state index contributed by atoms with van der Waals surface area (Å²) in [6.07, 6.45) is 2.56. The highest BCUT2D eigenvalue weighted by molar-refractivity contribution is 7.09. The van der Waals surface area contributed by atoms with E-state index in [2.05, 4.69) is 10.3 Å². The molecule has 0 spiro atoms. The molecule has 1 saturated heterocycles. The number of aromatic nitrogens is 1. The Morgan fingerprint density at radius 1 is 1.63 bits per heavy atom. The third kappa shape index (κ3) is 4.47. The van der Waals surface area contributed by atoms with Gasteiger partial charge in [-0.1, -0.05) is 0 Å². The second-order valence-electron chi connectivity index (χ2n) is 5.72. The third-order valence-electron chi connectivity index (χ3n) is 2.87. The molecule has 5 nitrogen and oxygen atoms in total. The van der Waals surface area contributed by atoms with E-state index in [0.717, 1.165) is 24.5 Å². The van der Waals surface area contributed by atoms with Gasteiger partial charge in [-0.3, -0.25) is 0 Å². The zero-order valence-corrected chi connectivity index (χ0v) is 12.5. The lowest BCUT2D eigenvalue weighted by Crippen LogP contribution is -2.38. The Labute approximate surface area is 118 Å². The highest BCUT2D eigenvalue weighted by Crippen LogP contribution is 2.15. The van der Waals surface area contributed by atoms with Gasteiger partial charge in [-0.2, -0.15) is 0 Å². The first-order valence-electron chi connectivity index (χ1n) is 6.54. The maximum atomic E-state index is 11.9. The quantitative estimate of drug-likeness (QED) is 0.924. The van der Waals surface area contributed by atoms with Crippen molar-refractivity contribution in [3.63, 3.8) is 0 Å². The first kappa shape index (κ1) is 14.3. The van der Waals surface area contributed by atoms with Crippen LogP contribution in [-0.2, 0) is 11.3 Å². The van der Waals surface area contributed by atoms with Crippen LogP contribution in [0.3, 0.4) is 0 Å². The van der Waals surface area contributed by atoms with E-state index in [1.807, 2.05) is 32.3 Å². The fourth-order valence-corrected chi connectivity index (χ4v) is 2.56. The minimum Gasteiger partial charge on any atom is -0.444 e. The first-order chi connectivity index (χ1) is 8.94. The van der Waals surface area contributed by atoms with Crippen molar-refractivity contribution >= 4 is 17.4 Å². The van der Waals surface area contributed by atoms with Crippen molar-refractivity contribution in [1.29, 1.82) is 0 Å². The van der Waals surface area contributed by atoms with Crippen molar-refractivity contribution in [1.82, 2.24) is 15.2 Å². The number of carbonyl (C=O) groups is 1. The molecule has 1 fully saturated rings. The Morgan fingerprint density at radius 3 is 3.05 bits per heavy atom. The van der Waals surface area contributed by atoms with Gasteiger partial charge in [0.25, 0.3) is 0 Å². The van der Waals surface area contributed by atoms with E-state index in [9.17, 15) is 4.79 Å². The summed E-state index contributed by atoms with van der Waals surface area (Å²) in [6.45, 7) is 7.90. The third-order valence-corrected chi connectivity index (χ3v) is 3.64. The molecule has 2 rings (SSSR count). The van der Waals surface area contributed by atoms with Gasteiger partial charge in [-0.15, -0.1) is 11.3 Å². The van der Waals surface area contributed by atoms with Crippen LogP contribution in [0.1, 0.15) is 32.2 Å². The van der Waals surface area contributed by atoms with Gasteiger partial charge in [-0.25, -0.2) is 9.78 Å². The second kappa shape index (κ2) is 5.88. The van der Waals surface area contributed by atoms with E-state index in [1.165, 1.54) is 0 Å². The summed E-state index contributed by atoms with van der Waals surface area (Å²) in [5.41, 5.74) is -0.427. The van der Waals surface area contributed by atoms with E-state index < -0.39 is 5.60 Å². The summed E-state index contributed by atoms with van der Waals surface area (Å²) in [5, 5.41) is 6.48. The molecule has 1 unspecified atom stereocenters. The fraction of sp³-hybridized carbons (Fsp3) is 0.692. The maximum Gasteiger partial charge on any atom is 0.410 e. The van der Waals surface area contributed by atoms with Crippen molar-refractivity contribution in [2.75, 3.05) is 13.1 Å². The monoisotopic (exact) mass is 283 g/mol. The molecule has 1 amide bonds. The van der Waals surface area contributed by atoms with Crippen molar-refractivity contribution in [2.45, 2.75) is 45.4 Å². The Kier molecular flexibility index (Phi) is 4.42. The van der Waals surface area contributed by atoms with Crippen molar-refractivity contribution in [2.24, 2.45) is 0 Å². The van der Waals surface area contributed by atoms with E-state index in [-0.39, 0.29) is 6.09 Å². The van der Waals surface area contributed by atoms with Crippen LogP contribution in [0.5, 0.6) is 0 Å². The maximum absolute atomic E-state index is 11.9. The lowest BCUT2D eigenvalue weighted by molar-refractivity contribution is 0.0291. The van der Waals surface area contributed by atoms with E-state index in [1.54, 1.807) is 16.2 Å². The van der Waals surface area contributed by atoms with Gasteiger partial charge >= 0.3 is 6.09 Å². The van der Waals surface area contributed by atoms with Crippen LogP contribution in [-0.4, -0.2) is 40.7 Å². The number of nitrogens with one attached hydrogen (secondary N) is 1. The van der Waals surface area contributed by atoms with Gasteiger partial charge in [0, 0.05) is 37.3 Å². The molecule has 1 aromatic heterocycles. The number of amides is 1. The molecule has 19 heavy (non-hydrogen) atoms. The molecule has 0 bridgehead atoms. The Balaban J connectivity index is 1.75. The molecule has 1 aromatic rings. The topological polar surface area (TPSA) is 54.5 Å².